The molecule has 156 valence electrons. The van der Waals surface area contributed by atoms with Crippen LogP contribution >= 0.6 is 0 Å². The van der Waals surface area contributed by atoms with Crippen molar-refractivity contribution in [1.82, 2.24) is 0 Å². The molecule has 27 heavy (non-hydrogen) atoms. The maximum atomic E-state index is 12.0. The van der Waals surface area contributed by atoms with Crippen LogP contribution in [0.4, 0.5) is 0 Å². The van der Waals surface area contributed by atoms with Crippen LogP contribution in [0.25, 0.3) is 0 Å². The van der Waals surface area contributed by atoms with Crippen LogP contribution in [0.15, 0.2) is 0 Å². The molecular weight excluding hydrogens is 332 g/mol. The van der Waals surface area contributed by atoms with Gasteiger partial charge in [-0.3, -0.25) is 4.79 Å². The molecule has 2 heteroatoms. The summed E-state index contributed by atoms with van der Waals surface area (Å²) in [5.41, 5.74) is 0.159. The Balaban J connectivity index is 1.70. The standard InChI is InChI=1S/C25H44O2/c1-3-8-20-9-11-21(12-10-20)25(16-6-5-7-17-25)22-13-18-24(15-4-2,19-14-22)23(26)27/h20-22H,3-19H2,1-2H3,(H,26,27). The van der Waals surface area contributed by atoms with Crippen LogP contribution in [-0.2, 0) is 4.79 Å². The Hall–Kier alpha value is -0.530. The van der Waals surface area contributed by atoms with E-state index >= 15 is 0 Å². The second-order valence-corrected chi connectivity index (χ2v) is 10.4. The van der Waals surface area contributed by atoms with Crippen molar-refractivity contribution in [2.75, 3.05) is 0 Å². The third kappa shape index (κ3) is 4.40. The number of aliphatic carboxylic acids is 1. The second-order valence-electron chi connectivity index (χ2n) is 10.4. The number of carboxylic acids is 1. The molecule has 3 rings (SSSR count). The van der Waals surface area contributed by atoms with Crippen molar-refractivity contribution in [2.24, 2.45) is 28.6 Å². The number of hydrogen-bond donors (Lipinski definition) is 1. The van der Waals surface area contributed by atoms with E-state index in [4.69, 9.17) is 0 Å². The van der Waals surface area contributed by atoms with Gasteiger partial charge >= 0.3 is 5.97 Å². The summed E-state index contributed by atoms with van der Waals surface area (Å²) >= 11 is 0. The lowest BCUT2D eigenvalue weighted by molar-refractivity contribution is -0.154. The van der Waals surface area contributed by atoms with Crippen LogP contribution in [0.1, 0.15) is 123 Å². The van der Waals surface area contributed by atoms with Crippen molar-refractivity contribution in [1.29, 1.82) is 0 Å². The number of carbonyl (C=O) groups is 1. The molecule has 0 spiro atoms. The van der Waals surface area contributed by atoms with Gasteiger partial charge in [-0.1, -0.05) is 65.2 Å². The Morgan fingerprint density at radius 2 is 1.41 bits per heavy atom. The SMILES string of the molecule is CCCC1CCC(C2(C3CCC(CCC)(C(=O)O)CC3)CCCCC2)CC1. The minimum Gasteiger partial charge on any atom is -0.481 e. The fraction of sp³-hybridized carbons (Fsp3) is 0.960. The Morgan fingerprint density at radius 1 is 0.815 bits per heavy atom. The van der Waals surface area contributed by atoms with Crippen molar-refractivity contribution in [3.8, 4) is 0 Å². The lowest BCUT2D eigenvalue weighted by Gasteiger charge is -2.54. The molecule has 1 N–H and O–H groups in total. The second kappa shape index (κ2) is 9.31. The van der Waals surface area contributed by atoms with Gasteiger partial charge in [0, 0.05) is 0 Å². The van der Waals surface area contributed by atoms with E-state index in [1.54, 1.807) is 0 Å². The summed E-state index contributed by atoms with van der Waals surface area (Å²) in [7, 11) is 0. The lowest BCUT2D eigenvalue weighted by Crippen LogP contribution is -2.45. The largest absolute Gasteiger partial charge is 0.481 e. The Kier molecular flexibility index (Phi) is 7.31. The molecule has 0 aromatic carbocycles. The Labute approximate surface area is 167 Å². The smallest absolute Gasteiger partial charge is 0.309 e. The minimum atomic E-state index is -0.513. The zero-order valence-electron chi connectivity index (χ0n) is 18.1. The van der Waals surface area contributed by atoms with E-state index in [1.807, 2.05) is 0 Å². The van der Waals surface area contributed by atoms with Crippen molar-refractivity contribution in [3.05, 3.63) is 0 Å². The summed E-state index contributed by atoms with van der Waals surface area (Å²) in [6.45, 7) is 4.48. The van der Waals surface area contributed by atoms with Gasteiger partial charge in [0.2, 0.25) is 0 Å². The van der Waals surface area contributed by atoms with Crippen molar-refractivity contribution in [3.63, 3.8) is 0 Å². The zero-order chi connectivity index (χ0) is 19.3. The van der Waals surface area contributed by atoms with Crippen LogP contribution < -0.4 is 0 Å². The van der Waals surface area contributed by atoms with Gasteiger partial charge in [0.1, 0.15) is 0 Å². The fourth-order valence-corrected chi connectivity index (χ4v) is 7.59. The molecule has 0 heterocycles. The predicted octanol–water partition coefficient (Wildman–Crippen LogP) is 7.60. The molecule has 3 fully saturated rings. The van der Waals surface area contributed by atoms with Gasteiger partial charge in [0.25, 0.3) is 0 Å². The molecular formula is C25H44O2. The molecule has 0 aromatic heterocycles. The van der Waals surface area contributed by atoms with Gasteiger partial charge in [-0.15, -0.1) is 0 Å². The Morgan fingerprint density at radius 3 is 1.93 bits per heavy atom. The molecule has 3 aliphatic rings. The van der Waals surface area contributed by atoms with E-state index in [0.717, 1.165) is 43.4 Å². The number of rotatable bonds is 7. The van der Waals surface area contributed by atoms with Crippen molar-refractivity contribution >= 4 is 5.97 Å². The fourth-order valence-electron chi connectivity index (χ4n) is 7.59. The summed E-state index contributed by atoms with van der Waals surface area (Å²) in [6.07, 6.45) is 21.9. The van der Waals surface area contributed by atoms with Crippen LogP contribution in [0.5, 0.6) is 0 Å². The number of carboxylic acid groups (broad SMARTS) is 1. The van der Waals surface area contributed by atoms with Crippen LogP contribution in [0.3, 0.4) is 0 Å². The summed E-state index contributed by atoms with van der Waals surface area (Å²) in [4.78, 5) is 12.0. The molecule has 2 nitrogen and oxygen atoms in total. The third-order valence-corrected chi connectivity index (χ3v) is 9.08. The Bertz CT molecular complexity index is 461. The van der Waals surface area contributed by atoms with Gasteiger partial charge in [-0.2, -0.15) is 0 Å². The molecule has 3 saturated carbocycles. The first kappa shape index (κ1) is 21.2. The topological polar surface area (TPSA) is 37.3 Å². The highest BCUT2D eigenvalue weighted by Crippen LogP contribution is 2.59. The lowest BCUT2D eigenvalue weighted by atomic mass is 9.51. The van der Waals surface area contributed by atoms with E-state index in [-0.39, 0.29) is 0 Å². The summed E-state index contributed by atoms with van der Waals surface area (Å²) in [5.74, 6) is 2.21. The molecule has 0 aromatic rings. The first-order chi connectivity index (χ1) is 13.1. The molecule has 0 saturated heterocycles. The van der Waals surface area contributed by atoms with Crippen molar-refractivity contribution in [2.45, 2.75) is 123 Å². The highest BCUT2D eigenvalue weighted by Gasteiger charge is 2.50. The van der Waals surface area contributed by atoms with E-state index < -0.39 is 11.4 Å². The predicted molar refractivity (Wildman–Crippen MR) is 113 cm³/mol. The summed E-state index contributed by atoms with van der Waals surface area (Å²) < 4.78 is 0. The highest BCUT2D eigenvalue weighted by atomic mass is 16.4. The number of hydrogen-bond acceptors (Lipinski definition) is 1. The van der Waals surface area contributed by atoms with Crippen LogP contribution in [0, 0.1) is 28.6 Å². The van der Waals surface area contributed by atoms with Gasteiger partial charge in [0.15, 0.2) is 0 Å². The molecule has 3 aliphatic carbocycles. The molecule has 0 bridgehead atoms. The molecule has 0 aliphatic heterocycles. The minimum absolute atomic E-state index is 0.403. The highest BCUT2D eigenvalue weighted by molar-refractivity contribution is 5.74. The van der Waals surface area contributed by atoms with E-state index in [9.17, 15) is 9.90 Å². The summed E-state index contributed by atoms with van der Waals surface area (Å²) in [5, 5.41) is 9.91. The van der Waals surface area contributed by atoms with Gasteiger partial charge in [0.05, 0.1) is 5.41 Å². The zero-order valence-corrected chi connectivity index (χ0v) is 18.1. The van der Waals surface area contributed by atoms with Gasteiger partial charge in [-0.25, -0.2) is 0 Å². The van der Waals surface area contributed by atoms with E-state index in [1.165, 1.54) is 83.5 Å². The first-order valence-corrected chi connectivity index (χ1v) is 12.3. The van der Waals surface area contributed by atoms with E-state index in [0.29, 0.717) is 5.41 Å². The van der Waals surface area contributed by atoms with Gasteiger partial charge < -0.3 is 5.11 Å². The maximum absolute atomic E-state index is 12.0. The first-order valence-electron chi connectivity index (χ1n) is 12.3. The third-order valence-electron chi connectivity index (χ3n) is 9.08. The van der Waals surface area contributed by atoms with Crippen LogP contribution in [-0.4, -0.2) is 11.1 Å². The molecule has 0 unspecified atom stereocenters. The molecule has 0 atom stereocenters. The summed E-state index contributed by atoms with van der Waals surface area (Å²) in [6, 6.07) is 0. The molecule has 0 amide bonds. The average molecular weight is 377 g/mol. The maximum Gasteiger partial charge on any atom is 0.309 e. The monoisotopic (exact) mass is 376 g/mol. The van der Waals surface area contributed by atoms with Gasteiger partial charge in [-0.05, 0) is 81.0 Å². The normalized spacial score (nSPS) is 37.0. The van der Waals surface area contributed by atoms with Crippen molar-refractivity contribution < 1.29 is 9.90 Å². The average Bonchev–Trinajstić information content (AvgIpc) is 2.70. The molecule has 0 radical (unpaired) electrons. The van der Waals surface area contributed by atoms with E-state index in [2.05, 4.69) is 13.8 Å². The van der Waals surface area contributed by atoms with Crippen LogP contribution in [0.2, 0.25) is 0 Å². The quantitative estimate of drug-likeness (QED) is 0.496.